The van der Waals surface area contributed by atoms with Gasteiger partial charge in [-0.3, -0.25) is 0 Å². The van der Waals surface area contributed by atoms with E-state index in [1.165, 1.54) is 12.0 Å². The molecule has 0 radical (unpaired) electrons. The summed E-state index contributed by atoms with van der Waals surface area (Å²) in [6.07, 6.45) is 2.46. The van der Waals surface area contributed by atoms with Gasteiger partial charge in [0.15, 0.2) is 5.60 Å². The Bertz CT molecular complexity index is 541. The molecule has 4 fully saturated rings. The molecular formula is C20H29F3O. The molecule has 4 aliphatic rings. The van der Waals surface area contributed by atoms with Crippen LogP contribution < -0.4 is 0 Å². The highest BCUT2D eigenvalue weighted by Gasteiger charge is 2.61. The normalized spacial score (nSPS) is 51.7. The molecule has 4 rings (SSSR count). The zero-order valence-corrected chi connectivity index (χ0v) is 14.5. The fourth-order valence-corrected chi connectivity index (χ4v) is 7.04. The predicted octanol–water partition coefficient (Wildman–Crippen LogP) is 5.49. The second kappa shape index (κ2) is 5.25. The lowest BCUT2D eigenvalue weighted by atomic mass is 9.49. The standard InChI is InChI=1S/C20H29F3O/c1-12-3-6-17-16-5-4-13-11-19(24,20(21,22)23)10-8-14(13)15(16)7-9-18(12,17)2/h13-17,24H,1,3-11H2,2H3/t13-,14+,15-,16-,17+,18-,19?/m1/s1. The summed E-state index contributed by atoms with van der Waals surface area (Å²) in [7, 11) is 0. The fraction of sp³-hybridized carbons (Fsp3) is 0.900. The molecule has 4 aliphatic carbocycles. The Morgan fingerprint density at radius 3 is 2.42 bits per heavy atom. The summed E-state index contributed by atoms with van der Waals surface area (Å²) in [4.78, 5) is 0. The summed E-state index contributed by atoms with van der Waals surface area (Å²) < 4.78 is 39.7. The van der Waals surface area contributed by atoms with E-state index >= 15 is 0 Å². The number of alkyl halides is 3. The summed E-state index contributed by atoms with van der Waals surface area (Å²) in [5.41, 5.74) is -0.760. The van der Waals surface area contributed by atoms with Crippen LogP contribution in [0.25, 0.3) is 0 Å². The van der Waals surface area contributed by atoms with Gasteiger partial charge in [-0.2, -0.15) is 13.2 Å². The predicted molar refractivity (Wildman–Crippen MR) is 87.3 cm³/mol. The quantitative estimate of drug-likeness (QED) is 0.577. The molecule has 1 unspecified atom stereocenters. The van der Waals surface area contributed by atoms with Crippen LogP contribution in [0.1, 0.15) is 64.7 Å². The number of hydrogen-bond acceptors (Lipinski definition) is 1. The second-order valence-corrected chi connectivity index (χ2v) is 9.31. The summed E-state index contributed by atoms with van der Waals surface area (Å²) in [5.74, 6) is 2.38. The Labute approximate surface area is 142 Å². The zero-order chi connectivity index (χ0) is 17.3. The molecule has 0 aromatic carbocycles. The van der Waals surface area contributed by atoms with Gasteiger partial charge in [0.1, 0.15) is 0 Å². The van der Waals surface area contributed by atoms with Crippen molar-refractivity contribution in [3.63, 3.8) is 0 Å². The van der Waals surface area contributed by atoms with Gasteiger partial charge in [-0.05, 0) is 92.8 Å². The molecule has 1 N–H and O–H groups in total. The van der Waals surface area contributed by atoms with E-state index in [1.807, 2.05) is 0 Å². The highest BCUT2D eigenvalue weighted by atomic mass is 19.4. The van der Waals surface area contributed by atoms with Crippen molar-refractivity contribution in [3.05, 3.63) is 12.2 Å². The van der Waals surface area contributed by atoms with E-state index in [4.69, 9.17) is 0 Å². The van der Waals surface area contributed by atoms with E-state index in [0.717, 1.165) is 32.1 Å². The van der Waals surface area contributed by atoms with Crippen LogP contribution in [0.2, 0.25) is 0 Å². The van der Waals surface area contributed by atoms with Crippen molar-refractivity contribution in [3.8, 4) is 0 Å². The molecule has 0 amide bonds. The maximum Gasteiger partial charge on any atom is 0.417 e. The first-order valence-electron chi connectivity index (χ1n) is 9.63. The highest BCUT2D eigenvalue weighted by molar-refractivity contribution is 5.20. The van der Waals surface area contributed by atoms with Crippen molar-refractivity contribution in [1.82, 2.24) is 0 Å². The largest absolute Gasteiger partial charge is 0.417 e. The van der Waals surface area contributed by atoms with E-state index in [1.54, 1.807) is 0 Å². The van der Waals surface area contributed by atoms with Crippen molar-refractivity contribution >= 4 is 0 Å². The van der Waals surface area contributed by atoms with E-state index < -0.39 is 11.8 Å². The van der Waals surface area contributed by atoms with Crippen molar-refractivity contribution < 1.29 is 18.3 Å². The molecular weight excluding hydrogens is 313 g/mol. The number of halogens is 3. The first kappa shape index (κ1) is 16.9. The first-order chi connectivity index (χ1) is 11.2. The molecule has 24 heavy (non-hydrogen) atoms. The first-order valence-corrected chi connectivity index (χ1v) is 9.63. The van der Waals surface area contributed by atoms with Crippen molar-refractivity contribution in [2.45, 2.75) is 76.5 Å². The lowest BCUT2D eigenvalue weighted by Crippen LogP contribution is -2.54. The van der Waals surface area contributed by atoms with Crippen LogP contribution in [0.4, 0.5) is 13.2 Å². The maximum atomic E-state index is 13.2. The van der Waals surface area contributed by atoms with Crippen molar-refractivity contribution in [2.75, 3.05) is 0 Å². The minimum atomic E-state index is -4.48. The topological polar surface area (TPSA) is 20.2 Å². The van der Waals surface area contributed by atoms with Crippen molar-refractivity contribution in [1.29, 1.82) is 0 Å². The Kier molecular flexibility index (Phi) is 3.70. The summed E-state index contributed by atoms with van der Waals surface area (Å²) in [6, 6.07) is 0. The van der Waals surface area contributed by atoms with E-state index in [9.17, 15) is 18.3 Å². The molecule has 4 saturated carbocycles. The number of fused-ring (bicyclic) bond motifs is 5. The van der Waals surface area contributed by atoms with Crippen LogP contribution >= 0.6 is 0 Å². The maximum absolute atomic E-state index is 13.2. The van der Waals surface area contributed by atoms with Crippen LogP contribution in [-0.4, -0.2) is 16.9 Å². The molecule has 0 aliphatic heterocycles. The van der Waals surface area contributed by atoms with E-state index in [-0.39, 0.29) is 24.2 Å². The summed E-state index contributed by atoms with van der Waals surface area (Å²) in [5, 5.41) is 10.1. The zero-order valence-electron chi connectivity index (χ0n) is 14.5. The highest BCUT2D eigenvalue weighted by Crippen LogP contribution is 2.64. The lowest BCUT2D eigenvalue weighted by molar-refractivity contribution is -0.282. The number of hydrogen-bond donors (Lipinski definition) is 1. The lowest BCUT2D eigenvalue weighted by Gasteiger charge is -2.56. The average Bonchev–Trinajstić information content (AvgIpc) is 2.81. The smallest absolute Gasteiger partial charge is 0.380 e. The molecule has 1 nitrogen and oxygen atoms in total. The third-order valence-electron chi connectivity index (χ3n) is 8.49. The summed E-state index contributed by atoms with van der Waals surface area (Å²) in [6.45, 7) is 6.69. The fourth-order valence-electron chi connectivity index (χ4n) is 7.04. The molecule has 0 bridgehead atoms. The third kappa shape index (κ3) is 2.24. The van der Waals surface area contributed by atoms with Gasteiger partial charge in [0.25, 0.3) is 0 Å². The van der Waals surface area contributed by atoms with Gasteiger partial charge in [-0.15, -0.1) is 0 Å². The molecule has 0 spiro atoms. The Morgan fingerprint density at radius 2 is 1.71 bits per heavy atom. The van der Waals surface area contributed by atoms with Crippen molar-refractivity contribution in [2.24, 2.45) is 35.0 Å². The minimum Gasteiger partial charge on any atom is -0.380 e. The molecule has 136 valence electrons. The van der Waals surface area contributed by atoms with Crippen LogP contribution in [0, 0.1) is 35.0 Å². The van der Waals surface area contributed by atoms with E-state index in [0.29, 0.717) is 30.1 Å². The van der Waals surface area contributed by atoms with E-state index in [2.05, 4.69) is 13.5 Å². The van der Waals surface area contributed by atoms with Gasteiger partial charge in [-0.1, -0.05) is 19.1 Å². The molecule has 0 aromatic heterocycles. The van der Waals surface area contributed by atoms with Crippen LogP contribution in [0.5, 0.6) is 0 Å². The Balaban J connectivity index is 1.54. The minimum absolute atomic E-state index is 0.0561. The van der Waals surface area contributed by atoms with Gasteiger partial charge in [0.2, 0.25) is 0 Å². The van der Waals surface area contributed by atoms with Gasteiger partial charge in [-0.25, -0.2) is 0 Å². The summed E-state index contributed by atoms with van der Waals surface area (Å²) >= 11 is 0. The van der Waals surface area contributed by atoms with Crippen LogP contribution in [-0.2, 0) is 0 Å². The Morgan fingerprint density at radius 1 is 1.00 bits per heavy atom. The van der Waals surface area contributed by atoms with Crippen LogP contribution in [0.15, 0.2) is 12.2 Å². The molecule has 0 heterocycles. The van der Waals surface area contributed by atoms with Gasteiger partial charge < -0.3 is 5.11 Å². The molecule has 0 aromatic rings. The number of allylic oxidation sites excluding steroid dienone is 1. The number of rotatable bonds is 0. The average molecular weight is 342 g/mol. The Hall–Kier alpha value is -0.510. The molecule has 4 heteroatoms. The van der Waals surface area contributed by atoms with Gasteiger partial charge >= 0.3 is 6.18 Å². The third-order valence-corrected chi connectivity index (χ3v) is 8.49. The second-order valence-electron chi connectivity index (χ2n) is 9.31. The molecule has 7 atom stereocenters. The molecule has 0 saturated heterocycles. The van der Waals surface area contributed by atoms with Gasteiger partial charge in [0, 0.05) is 0 Å². The van der Waals surface area contributed by atoms with Gasteiger partial charge in [0.05, 0.1) is 0 Å². The monoisotopic (exact) mass is 342 g/mol. The number of aliphatic hydroxyl groups is 1. The van der Waals surface area contributed by atoms with Crippen LogP contribution in [0.3, 0.4) is 0 Å². The SMILES string of the molecule is C=C1CC[C@H]2[C@@H]3CC[C@@H]4CC(O)(C(F)(F)F)CC[C@@H]4[C@H]3CC[C@]12C.